The molecule has 0 aromatic carbocycles. The lowest BCUT2D eigenvalue weighted by Gasteiger charge is -2.27. The van der Waals surface area contributed by atoms with E-state index in [-0.39, 0.29) is 6.04 Å². The number of rotatable bonds is 4. The van der Waals surface area contributed by atoms with E-state index in [4.69, 9.17) is 0 Å². The number of hydrogen-bond donors (Lipinski definition) is 1. The van der Waals surface area contributed by atoms with Gasteiger partial charge in [0.05, 0.1) is 3.79 Å². The molecule has 19 heavy (non-hydrogen) atoms. The summed E-state index contributed by atoms with van der Waals surface area (Å²) >= 11 is 7.88. The van der Waals surface area contributed by atoms with E-state index in [0.29, 0.717) is 10.1 Å². The van der Waals surface area contributed by atoms with Crippen LogP contribution in [-0.2, 0) is 10.0 Å². The van der Waals surface area contributed by atoms with E-state index in [1.54, 1.807) is 6.07 Å². The second-order valence-electron chi connectivity index (χ2n) is 5.00. The number of halogens is 2. The van der Waals surface area contributed by atoms with Crippen molar-refractivity contribution in [3.05, 3.63) is 14.3 Å². The molecular weight excluding hydrogens is 414 g/mol. The van der Waals surface area contributed by atoms with Crippen LogP contribution in [0.15, 0.2) is 18.5 Å². The Hall–Kier alpha value is 0.570. The zero-order valence-corrected chi connectivity index (χ0v) is 15.5. The van der Waals surface area contributed by atoms with Gasteiger partial charge in [0, 0.05) is 10.5 Å². The Morgan fingerprint density at radius 1 is 1.32 bits per heavy atom. The van der Waals surface area contributed by atoms with Gasteiger partial charge in [0.2, 0.25) is 10.0 Å². The Labute approximate surface area is 135 Å². The van der Waals surface area contributed by atoms with Crippen molar-refractivity contribution in [2.24, 2.45) is 5.92 Å². The van der Waals surface area contributed by atoms with Crippen molar-refractivity contribution in [1.82, 2.24) is 4.72 Å². The second kappa shape index (κ2) is 6.56. The Bertz CT molecular complexity index is 516. The molecule has 1 aliphatic rings. The normalized spacial score (nSPS) is 19.5. The topological polar surface area (TPSA) is 46.2 Å². The van der Waals surface area contributed by atoms with Crippen LogP contribution < -0.4 is 4.72 Å². The van der Waals surface area contributed by atoms with Crippen molar-refractivity contribution in [1.29, 1.82) is 0 Å². The lowest BCUT2D eigenvalue weighted by Crippen LogP contribution is -2.38. The highest BCUT2D eigenvalue weighted by molar-refractivity contribution is 9.13. The van der Waals surface area contributed by atoms with Crippen LogP contribution in [0.1, 0.15) is 39.0 Å². The molecule has 0 bridgehead atoms. The van der Waals surface area contributed by atoms with Gasteiger partial charge in [-0.2, -0.15) is 0 Å². The average Bonchev–Trinajstić information content (AvgIpc) is 2.71. The highest BCUT2D eigenvalue weighted by Gasteiger charge is 2.26. The summed E-state index contributed by atoms with van der Waals surface area (Å²) in [6, 6.07) is 1.65. The molecule has 1 atom stereocenters. The summed E-state index contributed by atoms with van der Waals surface area (Å²) in [5.41, 5.74) is 0. The van der Waals surface area contributed by atoms with Gasteiger partial charge in [-0.25, -0.2) is 13.1 Å². The van der Waals surface area contributed by atoms with Gasteiger partial charge in [0.15, 0.2) is 0 Å². The zero-order chi connectivity index (χ0) is 14.0. The first-order valence-electron chi connectivity index (χ1n) is 6.37. The molecule has 1 aromatic heterocycles. The third kappa shape index (κ3) is 4.03. The molecule has 108 valence electrons. The minimum absolute atomic E-state index is 0.00458. The smallest absolute Gasteiger partial charge is 0.207 e. The van der Waals surface area contributed by atoms with Crippen LogP contribution in [0.25, 0.3) is 0 Å². The van der Waals surface area contributed by atoms with E-state index >= 15 is 0 Å². The quantitative estimate of drug-likeness (QED) is 0.762. The van der Waals surface area contributed by atoms with Gasteiger partial charge in [0.25, 0.3) is 0 Å². The molecule has 0 radical (unpaired) electrons. The van der Waals surface area contributed by atoms with Crippen molar-refractivity contribution < 1.29 is 8.42 Å². The summed E-state index contributed by atoms with van der Waals surface area (Å²) < 4.78 is 29.4. The van der Waals surface area contributed by atoms with Crippen molar-refractivity contribution in [3.63, 3.8) is 0 Å². The second-order valence-corrected chi connectivity index (χ2v) is 10.2. The van der Waals surface area contributed by atoms with Crippen molar-refractivity contribution in [2.75, 3.05) is 0 Å². The lowest BCUT2D eigenvalue weighted by atomic mass is 9.85. The predicted octanol–water partition coefficient (Wildman–Crippen LogP) is 4.52. The minimum atomic E-state index is -3.40. The number of hydrogen-bond acceptors (Lipinski definition) is 3. The molecule has 0 spiro atoms. The molecule has 1 fully saturated rings. The number of thiophene rings is 1. The Kier molecular flexibility index (Phi) is 5.50. The maximum atomic E-state index is 12.3. The van der Waals surface area contributed by atoms with Crippen molar-refractivity contribution >= 4 is 53.2 Å². The summed E-state index contributed by atoms with van der Waals surface area (Å²) in [4.78, 5) is 0. The first kappa shape index (κ1) is 15.9. The van der Waals surface area contributed by atoms with Crippen LogP contribution in [0.4, 0.5) is 0 Å². The van der Waals surface area contributed by atoms with Gasteiger partial charge >= 0.3 is 0 Å². The zero-order valence-electron chi connectivity index (χ0n) is 10.7. The van der Waals surface area contributed by atoms with Crippen molar-refractivity contribution in [2.45, 2.75) is 49.3 Å². The van der Waals surface area contributed by atoms with Gasteiger partial charge in [-0.15, -0.1) is 11.3 Å². The Balaban J connectivity index is 2.08. The van der Waals surface area contributed by atoms with E-state index in [9.17, 15) is 8.42 Å². The molecule has 0 aliphatic heterocycles. The van der Waals surface area contributed by atoms with E-state index in [1.165, 1.54) is 30.6 Å². The molecule has 1 unspecified atom stereocenters. The average molecular weight is 431 g/mol. The fourth-order valence-corrected chi connectivity index (χ4v) is 6.64. The SMILES string of the molecule is CC(NS(=O)(=O)c1cc(Br)c(Br)s1)C1CCCCC1. The summed E-state index contributed by atoms with van der Waals surface area (Å²) in [5, 5.41) is 0. The molecule has 1 aliphatic carbocycles. The number of nitrogens with one attached hydrogen (secondary N) is 1. The molecule has 0 amide bonds. The summed E-state index contributed by atoms with van der Waals surface area (Å²) in [7, 11) is -3.40. The Morgan fingerprint density at radius 3 is 2.47 bits per heavy atom. The molecule has 0 saturated heterocycles. The van der Waals surface area contributed by atoms with Crippen LogP contribution in [0.2, 0.25) is 0 Å². The summed E-state index contributed by atoms with van der Waals surface area (Å²) in [6.45, 7) is 1.98. The molecule has 1 aromatic rings. The summed E-state index contributed by atoms with van der Waals surface area (Å²) in [5.74, 6) is 0.468. The highest BCUT2D eigenvalue weighted by Crippen LogP contribution is 2.35. The molecule has 7 heteroatoms. The van der Waals surface area contributed by atoms with Gasteiger partial charge in [-0.3, -0.25) is 0 Å². The number of sulfonamides is 1. The van der Waals surface area contributed by atoms with Crippen LogP contribution in [0.3, 0.4) is 0 Å². The fraction of sp³-hybridized carbons (Fsp3) is 0.667. The van der Waals surface area contributed by atoms with Crippen LogP contribution in [-0.4, -0.2) is 14.5 Å². The van der Waals surface area contributed by atoms with Gasteiger partial charge in [0.1, 0.15) is 4.21 Å². The monoisotopic (exact) mass is 429 g/mol. The van der Waals surface area contributed by atoms with Crippen LogP contribution in [0.5, 0.6) is 0 Å². The Morgan fingerprint density at radius 2 is 1.95 bits per heavy atom. The first-order chi connectivity index (χ1) is 8.90. The molecule has 1 N–H and O–H groups in total. The molecule has 2 rings (SSSR count). The van der Waals surface area contributed by atoms with Gasteiger partial charge in [-0.1, -0.05) is 19.3 Å². The lowest BCUT2D eigenvalue weighted by molar-refractivity contribution is 0.303. The standard InChI is InChI=1S/C12H17Br2NO2S2/c1-8(9-5-3-2-4-6-9)15-19(16,17)11-7-10(13)12(14)18-11/h7-9,15H,2-6H2,1H3. The maximum Gasteiger partial charge on any atom is 0.250 e. The van der Waals surface area contributed by atoms with Crippen molar-refractivity contribution in [3.8, 4) is 0 Å². The van der Waals surface area contributed by atoms with E-state index in [0.717, 1.165) is 21.1 Å². The van der Waals surface area contributed by atoms with E-state index in [1.807, 2.05) is 6.92 Å². The third-order valence-electron chi connectivity index (χ3n) is 3.59. The molecule has 3 nitrogen and oxygen atoms in total. The molecule has 1 saturated carbocycles. The van der Waals surface area contributed by atoms with E-state index < -0.39 is 10.0 Å². The van der Waals surface area contributed by atoms with Crippen LogP contribution >= 0.6 is 43.2 Å². The van der Waals surface area contributed by atoms with Crippen LogP contribution in [0, 0.1) is 5.92 Å². The highest BCUT2D eigenvalue weighted by atomic mass is 79.9. The molecule has 1 heterocycles. The molecular formula is C12H17Br2NO2S2. The minimum Gasteiger partial charge on any atom is -0.207 e. The first-order valence-corrected chi connectivity index (χ1v) is 10.3. The third-order valence-corrected chi connectivity index (χ3v) is 8.87. The van der Waals surface area contributed by atoms with E-state index in [2.05, 4.69) is 36.6 Å². The maximum absolute atomic E-state index is 12.3. The van der Waals surface area contributed by atoms with Gasteiger partial charge < -0.3 is 0 Å². The predicted molar refractivity (Wildman–Crippen MR) is 86.1 cm³/mol. The summed E-state index contributed by atoms with van der Waals surface area (Å²) in [6.07, 6.45) is 5.96. The fourth-order valence-electron chi connectivity index (χ4n) is 2.49. The largest absolute Gasteiger partial charge is 0.250 e. The van der Waals surface area contributed by atoms with Gasteiger partial charge in [-0.05, 0) is 63.6 Å².